The molecule has 0 saturated carbocycles. The van der Waals surface area contributed by atoms with Crippen molar-refractivity contribution in [3.8, 4) is 5.69 Å². The topological polar surface area (TPSA) is 108 Å². The quantitative estimate of drug-likeness (QED) is 0.349. The number of anilines is 2. The average Bonchev–Trinajstić information content (AvgIpc) is 3.52. The molecule has 0 bridgehead atoms. The van der Waals surface area contributed by atoms with Gasteiger partial charge in [-0.15, -0.1) is 5.10 Å². The largest absolute Gasteiger partial charge is 0.379 e. The van der Waals surface area contributed by atoms with Crippen LogP contribution in [0.3, 0.4) is 0 Å². The lowest BCUT2D eigenvalue weighted by Crippen LogP contribution is -2.55. The predicted octanol–water partition coefficient (Wildman–Crippen LogP) is 3.40. The number of nitrogens with zero attached hydrogens (tertiary/aromatic N) is 6. The molecule has 2 fully saturated rings. The fourth-order valence-electron chi connectivity index (χ4n) is 5.88. The third-order valence-corrected chi connectivity index (χ3v) is 8.75. The monoisotopic (exact) mass is 624 g/mol. The van der Waals surface area contributed by atoms with Crippen molar-refractivity contribution < 1.29 is 23.1 Å². The molecular formula is C32H42F2N8O3. The fraction of sp³-hybridized carbons (Fsp3) is 0.500. The van der Waals surface area contributed by atoms with E-state index in [-0.39, 0.29) is 40.5 Å². The summed E-state index contributed by atoms with van der Waals surface area (Å²) in [6.45, 7) is 13.1. The molecule has 3 aromatic rings. The van der Waals surface area contributed by atoms with Crippen LogP contribution in [0.5, 0.6) is 0 Å². The molecular weight excluding hydrogens is 582 g/mol. The Kier molecular flexibility index (Phi) is 10.1. The summed E-state index contributed by atoms with van der Waals surface area (Å²) >= 11 is 0. The van der Waals surface area contributed by atoms with Gasteiger partial charge in [0, 0.05) is 50.4 Å². The van der Waals surface area contributed by atoms with Crippen molar-refractivity contribution in [1.82, 2.24) is 30.1 Å². The number of nitrogens with one attached hydrogen (secondary N) is 2. The Labute approximate surface area is 262 Å². The lowest BCUT2D eigenvalue weighted by atomic mass is 10.0. The summed E-state index contributed by atoms with van der Waals surface area (Å²) in [6.07, 6.45) is 2.14. The fourth-order valence-corrected chi connectivity index (χ4v) is 5.88. The molecule has 0 aliphatic carbocycles. The van der Waals surface area contributed by atoms with Gasteiger partial charge in [-0.3, -0.25) is 19.4 Å². The summed E-state index contributed by atoms with van der Waals surface area (Å²) in [7, 11) is 2.06. The SMILES string of the molecule is Cc1cc(C(=O)Nc2c(N3C[C@@H](C)N(C)[C@@H](C)C3)ccc(-n3cc(C(=O)NCCCN4CCOCC4)nn3)c2F)cc(C)c1F. The molecule has 2 aromatic carbocycles. The maximum absolute atomic E-state index is 16.5. The Morgan fingerprint density at radius 1 is 0.978 bits per heavy atom. The lowest BCUT2D eigenvalue weighted by molar-refractivity contribution is 0.0374. The first kappa shape index (κ1) is 32.5. The third kappa shape index (κ3) is 7.32. The van der Waals surface area contributed by atoms with Gasteiger partial charge in [-0.2, -0.15) is 0 Å². The molecule has 11 nitrogen and oxygen atoms in total. The van der Waals surface area contributed by atoms with Crippen LogP contribution in [0.1, 0.15) is 52.2 Å². The second-order valence-corrected chi connectivity index (χ2v) is 12.1. The van der Waals surface area contributed by atoms with Crippen molar-refractivity contribution in [3.05, 3.63) is 64.5 Å². The molecule has 2 aliphatic rings. The Bertz CT molecular complexity index is 1510. The number of carbonyl (C=O) groups excluding carboxylic acids is 2. The molecule has 2 saturated heterocycles. The number of morpholine rings is 1. The molecule has 0 radical (unpaired) electrons. The van der Waals surface area contributed by atoms with Gasteiger partial charge in [0.2, 0.25) is 0 Å². The van der Waals surface area contributed by atoms with Crippen molar-refractivity contribution in [2.45, 2.75) is 46.2 Å². The minimum atomic E-state index is -0.724. The van der Waals surface area contributed by atoms with Crippen LogP contribution in [0, 0.1) is 25.5 Å². The minimum Gasteiger partial charge on any atom is -0.379 e. The maximum atomic E-state index is 16.5. The molecule has 5 rings (SSSR count). The van der Waals surface area contributed by atoms with E-state index in [0.717, 1.165) is 39.3 Å². The molecule has 13 heteroatoms. The van der Waals surface area contributed by atoms with Gasteiger partial charge in [0.15, 0.2) is 11.5 Å². The van der Waals surface area contributed by atoms with Gasteiger partial charge in [-0.05, 0) is 83.1 Å². The zero-order valence-electron chi connectivity index (χ0n) is 26.6. The zero-order chi connectivity index (χ0) is 32.2. The van der Waals surface area contributed by atoms with E-state index in [1.54, 1.807) is 26.0 Å². The van der Waals surface area contributed by atoms with E-state index in [2.05, 4.69) is 56.5 Å². The Morgan fingerprint density at radius 2 is 1.62 bits per heavy atom. The number of aromatic nitrogens is 3. The first-order valence-electron chi connectivity index (χ1n) is 15.4. The van der Waals surface area contributed by atoms with E-state index in [4.69, 9.17) is 4.74 Å². The highest BCUT2D eigenvalue weighted by Crippen LogP contribution is 2.35. The van der Waals surface area contributed by atoms with Crippen LogP contribution in [0.25, 0.3) is 5.69 Å². The van der Waals surface area contributed by atoms with Gasteiger partial charge in [0.1, 0.15) is 17.2 Å². The number of carbonyl (C=O) groups is 2. The average molecular weight is 625 g/mol. The van der Waals surface area contributed by atoms with Crippen LogP contribution in [0.2, 0.25) is 0 Å². The van der Waals surface area contributed by atoms with Crippen LogP contribution < -0.4 is 15.5 Å². The molecule has 2 aliphatic heterocycles. The van der Waals surface area contributed by atoms with Gasteiger partial charge in [0.05, 0.1) is 25.1 Å². The predicted molar refractivity (Wildman–Crippen MR) is 168 cm³/mol. The van der Waals surface area contributed by atoms with Crippen molar-refractivity contribution in [2.75, 3.05) is 69.7 Å². The second-order valence-electron chi connectivity index (χ2n) is 12.1. The second kappa shape index (κ2) is 14.0. The van der Waals surface area contributed by atoms with Crippen LogP contribution in [-0.4, -0.2) is 108 Å². The van der Waals surface area contributed by atoms with E-state index < -0.39 is 17.6 Å². The van der Waals surface area contributed by atoms with E-state index in [0.29, 0.717) is 36.4 Å². The molecule has 0 unspecified atom stereocenters. The summed E-state index contributed by atoms with van der Waals surface area (Å²) in [5, 5.41) is 13.6. The highest BCUT2D eigenvalue weighted by molar-refractivity contribution is 6.06. The van der Waals surface area contributed by atoms with Crippen molar-refractivity contribution >= 4 is 23.2 Å². The first-order valence-corrected chi connectivity index (χ1v) is 15.4. The maximum Gasteiger partial charge on any atom is 0.273 e. The third-order valence-electron chi connectivity index (χ3n) is 8.75. The summed E-state index contributed by atoms with van der Waals surface area (Å²) in [6, 6.07) is 6.58. The van der Waals surface area contributed by atoms with Crippen LogP contribution in [-0.2, 0) is 4.74 Å². The summed E-state index contributed by atoms with van der Waals surface area (Å²) < 4.78 is 37.3. The number of hydrogen-bond acceptors (Lipinski definition) is 8. The number of amides is 2. The van der Waals surface area contributed by atoms with Crippen molar-refractivity contribution in [3.63, 3.8) is 0 Å². The Hall–Kier alpha value is -3.94. The molecule has 2 N–H and O–H groups in total. The highest BCUT2D eigenvalue weighted by Gasteiger charge is 2.30. The lowest BCUT2D eigenvalue weighted by Gasteiger charge is -2.44. The highest BCUT2D eigenvalue weighted by atomic mass is 19.1. The summed E-state index contributed by atoms with van der Waals surface area (Å²) in [4.78, 5) is 32.8. The smallest absolute Gasteiger partial charge is 0.273 e. The molecule has 45 heavy (non-hydrogen) atoms. The van der Waals surface area contributed by atoms with Gasteiger partial charge in [0.25, 0.3) is 11.8 Å². The standard InChI is InChI=1S/C32H42F2N8O3/c1-20-15-24(16-21(2)28(20)33)31(43)36-30-27(41-17-22(3)39(5)23(4)18-41)8-7-26(29(30)34)42-19-25(37-38-42)32(44)35-9-6-10-40-11-13-45-14-12-40/h7-8,15-16,19,22-23H,6,9-14,17-18H2,1-5H3,(H,35,44)(H,36,43)/t22-,23+. The number of piperazine rings is 1. The van der Waals surface area contributed by atoms with Gasteiger partial charge in [-0.25, -0.2) is 13.5 Å². The van der Waals surface area contributed by atoms with E-state index in [9.17, 15) is 14.0 Å². The van der Waals surface area contributed by atoms with Crippen LogP contribution in [0.4, 0.5) is 20.2 Å². The van der Waals surface area contributed by atoms with E-state index in [1.165, 1.54) is 23.0 Å². The number of aryl methyl sites for hydroxylation is 2. The normalized spacial score (nSPS) is 19.5. The summed E-state index contributed by atoms with van der Waals surface area (Å²) in [5.74, 6) is -2.08. The Morgan fingerprint density at radius 3 is 2.29 bits per heavy atom. The van der Waals surface area contributed by atoms with Gasteiger partial charge >= 0.3 is 0 Å². The summed E-state index contributed by atoms with van der Waals surface area (Å²) in [5.41, 5.74) is 1.44. The zero-order valence-corrected chi connectivity index (χ0v) is 26.6. The minimum absolute atomic E-state index is 0.0225. The Balaban J connectivity index is 1.38. The number of benzene rings is 2. The van der Waals surface area contributed by atoms with Crippen molar-refractivity contribution in [2.24, 2.45) is 0 Å². The first-order chi connectivity index (χ1) is 21.5. The number of hydrogen-bond donors (Lipinski definition) is 2. The molecule has 3 heterocycles. The van der Waals surface area contributed by atoms with E-state index >= 15 is 4.39 Å². The molecule has 1 aromatic heterocycles. The molecule has 2 atom stereocenters. The van der Waals surface area contributed by atoms with Gasteiger partial charge < -0.3 is 20.3 Å². The number of ether oxygens (including phenoxy) is 1. The molecule has 242 valence electrons. The molecule has 2 amide bonds. The number of halogens is 2. The number of rotatable bonds is 9. The van der Waals surface area contributed by atoms with E-state index in [1.807, 2.05) is 0 Å². The van der Waals surface area contributed by atoms with Gasteiger partial charge in [-0.1, -0.05) is 5.21 Å². The van der Waals surface area contributed by atoms with Crippen LogP contribution in [0.15, 0.2) is 30.5 Å². The van der Waals surface area contributed by atoms with Crippen LogP contribution >= 0.6 is 0 Å². The van der Waals surface area contributed by atoms with Crippen molar-refractivity contribution in [1.29, 1.82) is 0 Å². The molecule has 0 spiro atoms. The number of likely N-dealkylation sites (N-methyl/N-ethyl adjacent to an activating group) is 1.